The summed E-state index contributed by atoms with van der Waals surface area (Å²) < 4.78 is 12.5. The van der Waals surface area contributed by atoms with Crippen LogP contribution in [0.15, 0.2) is 42.7 Å². The highest BCUT2D eigenvalue weighted by Gasteiger charge is 1.95. The van der Waals surface area contributed by atoms with Crippen molar-refractivity contribution >= 4 is 0 Å². The summed E-state index contributed by atoms with van der Waals surface area (Å²) in [4.78, 5) is 1.36. The van der Waals surface area contributed by atoms with E-state index in [1.807, 2.05) is 30.3 Å². The normalized spacial score (nSPS) is 10.1. The third kappa shape index (κ3) is 2.10. The summed E-state index contributed by atoms with van der Waals surface area (Å²) in [6.07, 6.45) is 2.46. The topological polar surface area (TPSA) is 29.9 Å². The largest absolute Gasteiger partial charge is 0.305 e. The van der Waals surface area contributed by atoms with E-state index in [2.05, 4.69) is 10.5 Å². The van der Waals surface area contributed by atoms with Crippen LogP contribution in [-0.2, 0) is 6.54 Å². The van der Waals surface area contributed by atoms with Crippen molar-refractivity contribution in [3.8, 4) is 0 Å². The van der Waals surface area contributed by atoms with Crippen molar-refractivity contribution < 1.29 is 4.39 Å². The maximum absolute atomic E-state index is 12.5. The van der Waals surface area contributed by atoms with Crippen LogP contribution in [0.5, 0.6) is 0 Å². The van der Waals surface area contributed by atoms with Gasteiger partial charge >= 0.3 is 0 Å². The van der Waals surface area contributed by atoms with Gasteiger partial charge in [-0.1, -0.05) is 30.3 Å². The fourth-order valence-electron chi connectivity index (χ4n) is 1.16. The second kappa shape index (κ2) is 3.91. The minimum atomic E-state index is -0.342. The maximum Gasteiger partial charge on any atom is 0.163 e. The molecule has 0 aliphatic heterocycles. The molecule has 14 heavy (non-hydrogen) atoms. The van der Waals surface area contributed by atoms with Crippen molar-refractivity contribution in [1.29, 1.82) is 0 Å². The summed E-state index contributed by atoms with van der Waals surface area (Å²) in [6.45, 7) is 0.627. The van der Waals surface area contributed by atoms with Gasteiger partial charge in [0.25, 0.3) is 0 Å². The first-order valence-corrected chi connectivity index (χ1v) is 4.32. The number of halogens is 1. The first kappa shape index (κ1) is 8.74. The number of hydrogen-bond donors (Lipinski definition) is 1. The predicted octanol–water partition coefficient (Wildman–Crippen LogP) is 1.77. The molecule has 72 valence electrons. The summed E-state index contributed by atoms with van der Waals surface area (Å²) >= 11 is 0. The summed E-state index contributed by atoms with van der Waals surface area (Å²) in [6, 6.07) is 9.86. The number of nitrogens with one attached hydrogen (secondary N) is 1. The van der Waals surface area contributed by atoms with E-state index in [9.17, 15) is 4.39 Å². The van der Waals surface area contributed by atoms with Crippen LogP contribution in [-0.4, -0.2) is 9.89 Å². The van der Waals surface area contributed by atoms with Crippen LogP contribution in [0.1, 0.15) is 5.56 Å². The third-order valence-electron chi connectivity index (χ3n) is 1.84. The summed E-state index contributed by atoms with van der Waals surface area (Å²) in [5, 5.41) is 3.76. The zero-order valence-corrected chi connectivity index (χ0v) is 7.52. The average Bonchev–Trinajstić information content (AvgIpc) is 2.63. The molecule has 0 aliphatic rings. The van der Waals surface area contributed by atoms with Gasteiger partial charge in [0.15, 0.2) is 5.82 Å². The van der Waals surface area contributed by atoms with Gasteiger partial charge in [0.2, 0.25) is 0 Å². The molecule has 0 bridgehead atoms. The Bertz CT molecular complexity index is 397. The fourth-order valence-corrected chi connectivity index (χ4v) is 1.16. The number of aromatic nitrogens is 2. The summed E-state index contributed by atoms with van der Waals surface area (Å²) in [5.41, 5.74) is 4.08. The molecule has 1 aromatic heterocycles. The molecule has 0 saturated carbocycles. The lowest BCUT2D eigenvalue weighted by Crippen LogP contribution is -2.14. The quantitative estimate of drug-likeness (QED) is 0.801. The molecule has 0 spiro atoms. The molecule has 0 radical (unpaired) electrons. The molecule has 2 aromatic rings. The predicted molar refractivity (Wildman–Crippen MR) is 51.7 cm³/mol. The molecule has 0 unspecified atom stereocenters. The van der Waals surface area contributed by atoms with E-state index in [-0.39, 0.29) is 5.82 Å². The maximum atomic E-state index is 12.5. The molecule has 1 N–H and O–H groups in total. The van der Waals surface area contributed by atoms with Gasteiger partial charge in [-0.05, 0) is 5.56 Å². The number of rotatable bonds is 3. The lowest BCUT2D eigenvalue weighted by Gasteiger charge is -2.04. The van der Waals surface area contributed by atoms with Crippen LogP contribution >= 0.6 is 0 Å². The van der Waals surface area contributed by atoms with Gasteiger partial charge in [-0.15, -0.1) is 0 Å². The van der Waals surface area contributed by atoms with Crippen LogP contribution in [0, 0.1) is 5.82 Å². The molecular formula is C10H10FN3. The van der Waals surface area contributed by atoms with Gasteiger partial charge in [-0.25, -0.2) is 4.39 Å². The van der Waals surface area contributed by atoms with Crippen LogP contribution in [0.25, 0.3) is 0 Å². The molecule has 0 atom stereocenters. The van der Waals surface area contributed by atoms with Crippen LogP contribution in [0.3, 0.4) is 0 Å². The molecule has 3 nitrogen and oxygen atoms in total. The Morgan fingerprint density at radius 2 is 2.07 bits per heavy atom. The van der Waals surface area contributed by atoms with Crippen molar-refractivity contribution in [2.75, 3.05) is 5.43 Å². The molecule has 0 fully saturated rings. The van der Waals surface area contributed by atoms with Crippen molar-refractivity contribution in [3.05, 3.63) is 54.1 Å². The summed E-state index contributed by atoms with van der Waals surface area (Å²) in [5.74, 6) is -0.342. The van der Waals surface area contributed by atoms with Crippen LogP contribution < -0.4 is 5.43 Å². The van der Waals surface area contributed by atoms with Gasteiger partial charge in [0.05, 0.1) is 18.9 Å². The Labute approximate surface area is 81.1 Å². The van der Waals surface area contributed by atoms with Crippen molar-refractivity contribution in [2.45, 2.75) is 6.54 Å². The SMILES string of the molecule is Fc1cnn(NCc2ccccc2)c1. The number of benzene rings is 1. The van der Waals surface area contributed by atoms with Crippen molar-refractivity contribution in [3.63, 3.8) is 0 Å². The monoisotopic (exact) mass is 191 g/mol. The second-order valence-corrected chi connectivity index (χ2v) is 2.92. The van der Waals surface area contributed by atoms with E-state index in [1.54, 1.807) is 0 Å². The fraction of sp³-hybridized carbons (Fsp3) is 0.100. The average molecular weight is 191 g/mol. The molecule has 1 aromatic carbocycles. The molecule has 0 amide bonds. The smallest absolute Gasteiger partial charge is 0.163 e. The first-order valence-electron chi connectivity index (χ1n) is 4.32. The molecule has 0 saturated heterocycles. The van der Waals surface area contributed by atoms with E-state index in [0.717, 1.165) is 11.8 Å². The Hall–Kier alpha value is -1.84. The van der Waals surface area contributed by atoms with Crippen molar-refractivity contribution in [2.24, 2.45) is 0 Å². The summed E-state index contributed by atoms with van der Waals surface area (Å²) in [7, 11) is 0. The Kier molecular flexibility index (Phi) is 2.44. The van der Waals surface area contributed by atoms with Gasteiger partial charge < -0.3 is 5.43 Å². The standard InChI is InChI=1S/C10H10FN3/c11-10-7-13-14(8-10)12-6-9-4-2-1-3-5-9/h1-5,7-8,12H,6H2. The highest BCUT2D eigenvalue weighted by Crippen LogP contribution is 1.98. The molecule has 0 aliphatic carbocycles. The minimum Gasteiger partial charge on any atom is -0.305 e. The highest BCUT2D eigenvalue weighted by molar-refractivity contribution is 5.15. The molecule has 4 heteroatoms. The van der Waals surface area contributed by atoms with Gasteiger partial charge in [-0.3, -0.25) is 0 Å². The van der Waals surface area contributed by atoms with E-state index in [4.69, 9.17) is 0 Å². The third-order valence-corrected chi connectivity index (χ3v) is 1.84. The van der Waals surface area contributed by atoms with E-state index in [1.165, 1.54) is 11.0 Å². The zero-order chi connectivity index (χ0) is 9.80. The zero-order valence-electron chi connectivity index (χ0n) is 7.52. The Morgan fingerprint density at radius 3 is 2.71 bits per heavy atom. The first-order chi connectivity index (χ1) is 6.84. The minimum absolute atomic E-state index is 0.342. The van der Waals surface area contributed by atoms with Gasteiger partial charge in [0.1, 0.15) is 0 Å². The van der Waals surface area contributed by atoms with E-state index >= 15 is 0 Å². The van der Waals surface area contributed by atoms with Crippen LogP contribution in [0.4, 0.5) is 4.39 Å². The van der Waals surface area contributed by atoms with Gasteiger partial charge in [0, 0.05) is 0 Å². The lowest BCUT2D eigenvalue weighted by molar-refractivity contribution is 0.624. The molecule has 2 rings (SSSR count). The highest BCUT2D eigenvalue weighted by atomic mass is 19.1. The number of nitrogens with zero attached hydrogens (tertiary/aromatic N) is 2. The van der Waals surface area contributed by atoms with E-state index in [0.29, 0.717) is 6.54 Å². The Morgan fingerprint density at radius 1 is 1.29 bits per heavy atom. The van der Waals surface area contributed by atoms with Crippen LogP contribution in [0.2, 0.25) is 0 Å². The number of hydrogen-bond acceptors (Lipinski definition) is 2. The van der Waals surface area contributed by atoms with E-state index < -0.39 is 0 Å². The van der Waals surface area contributed by atoms with Gasteiger partial charge in [-0.2, -0.15) is 9.89 Å². The Balaban J connectivity index is 1.95. The lowest BCUT2D eigenvalue weighted by atomic mass is 10.2. The molecule has 1 heterocycles. The molecular weight excluding hydrogens is 181 g/mol. The second-order valence-electron chi connectivity index (χ2n) is 2.92. The van der Waals surface area contributed by atoms with Crippen molar-refractivity contribution in [1.82, 2.24) is 9.89 Å².